The number of carbonyl (C=O) groups excluding carboxylic acids is 1. The van der Waals surface area contributed by atoms with E-state index in [2.05, 4.69) is 17.6 Å². The molecule has 1 saturated heterocycles. The van der Waals surface area contributed by atoms with Crippen LogP contribution in [0.3, 0.4) is 0 Å². The first-order chi connectivity index (χ1) is 10.3. The molecule has 0 spiro atoms. The molecule has 0 aromatic carbocycles. The first-order valence-electron chi connectivity index (χ1n) is 9.23. The second-order valence-corrected chi connectivity index (χ2v) is 7.28. The Balaban J connectivity index is 1.63. The minimum absolute atomic E-state index is 0.281. The van der Waals surface area contributed by atoms with Gasteiger partial charge in [-0.2, -0.15) is 0 Å². The maximum absolute atomic E-state index is 12.2. The van der Waals surface area contributed by atoms with Crippen molar-refractivity contribution in [1.29, 1.82) is 0 Å². The van der Waals surface area contributed by atoms with Gasteiger partial charge in [0.05, 0.1) is 0 Å². The van der Waals surface area contributed by atoms with Crippen LogP contribution in [0.2, 0.25) is 0 Å². The minimum Gasteiger partial charge on any atom is -0.356 e. The molecule has 1 heterocycles. The third-order valence-electron chi connectivity index (χ3n) is 5.51. The number of piperidine rings is 1. The molecule has 1 atom stereocenters. The van der Waals surface area contributed by atoms with Crippen molar-refractivity contribution in [2.45, 2.75) is 71.1 Å². The molecule has 2 rings (SSSR count). The molecule has 1 aliphatic heterocycles. The Morgan fingerprint density at radius 3 is 2.33 bits per heavy atom. The van der Waals surface area contributed by atoms with Crippen LogP contribution in [0.4, 0.5) is 0 Å². The molecule has 0 aromatic rings. The van der Waals surface area contributed by atoms with E-state index in [0.29, 0.717) is 5.92 Å². The summed E-state index contributed by atoms with van der Waals surface area (Å²) >= 11 is 0. The molecular formula is C18H34N2O. The highest BCUT2D eigenvalue weighted by atomic mass is 16.1. The zero-order valence-electron chi connectivity index (χ0n) is 13.8. The lowest BCUT2D eigenvalue weighted by Crippen LogP contribution is -2.35. The quantitative estimate of drug-likeness (QED) is 0.815. The van der Waals surface area contributed by atoms with Gasteiger partial charge >= 0.3 is 0 Å². The SMILES string of the molecule is CC(CC(=O)NCC1CCCCCCC1)C1CCNCC1. The van der Waals surface area contributed by atoms with Gasteiger partial charge in [0.2, 0.25) is 5.91 Å². The van der Waals surface area contributed by atoms with E-state index < -0.39 is 0 Å². The van der Waals surface area contributed by atoms with E-state index in [4.69, 9.17) is 0 Å². The predicted octanol–water partition coefficient (Wildman–Crippen LogP) is 3.49. The monoisotopic (exact) mass is 294 g/mol. The maximum atomic E-state index is 12.2. The fourth-order valence-electron chi connectivity index (χ4n) is 3.95. The molecule has 2 N–H and O–H groups in total. The number of hydrogen-bond acceptors (Lipinski definition) is 2. The zero-order valence-corrected chi connectivity index (χ0v) is 13.8. The van der Waals surface area contributed by atoms with Crippen LogP contribution in [0.25, 0.3) is 0 Å². The van der Waals surface area contributed by atoms with Crippen LogP contribution in [0.15, 0.2) is 0 Å². The van der Waals surface area contributed by atoms with Gasteiger partial charge in [0, 0.05) is 13.0 Å². The van der Waals surface area contributed by atoms with Crippen molar-refractivity contribution >= 4 is 5.91 Å². The van der Waals surface area contributed by atoms with E-state index in [1.54, 1.807) is 0 Å². The number of rotatable bonds is 5. The van der Waals surface area contributed by atoms with Crippen LogP contribution < -0.4 is 10.6 Å². The van der Waals surface area contributed by atoms with Crippen molar-refractivity contribution in [3.63, 3.8) is 0 Å². The van der Waals surface area contributed by atoms with Gasteiger partial charge in [-0.15, -0.1) is 0 Å². The zero-order chi connectivity index (χ0) is 14.9. The molecule has 0 radical (unpaired) electrons. The van der Waals surface area contributed by atoms with Crippen LogP contribution in [0.5, 0.6) is 0 Å². The topological polar surface area (TPSA) is 41.1 Å². The molecule has 1 unspecified atom stereocenters. The molecule has 122 valence electrons. The first kappa shape index (κ1) is 16.8. The van der Waals surface area contributed by atoms with Gasteiger partial charge in [-0.05, 0) is 56.5 Å². The normalized spacial score (nSPS) is 24.0. The molecule has 2 fully saturated rings. The summed E-state index contributed by atoms with van der Waals surface area (Å²) in [7, 11) is 0. The molecule has 3 nitrogen and oxygen atoms in total. The summed E-state index contributed by atoms with van der Waals surface area (Å²) in [5, 5.41) is 6.62. The third kappa shape index (κ3) is 6.37. The first-order valence-corrected chi connectivity index (χ1v) is 9.23. The Morgan fingerprint density at radius 1 is 1.05 bits per heavy atom. The maximum Gasteiger partial charge on any atom is 0.220 e. The fourth-order valence-corrected chi connectivity index (χ4v) is 3.95. The summed E-state index contributed by atoms with van der Waals surface area (Å²) < 4.78 is 0. The summed E-state index contributed by atoms with van der Waals surface area (Å²) in [4.78, 5) is 12.2. The number of carbonyl (C=O) groups is 1. The number of nitrogens with one attached hydrogen (secondary N) is 2. The van der Waals surface area contributed by atoms with E-state index in [9.17, 15) is 4.79 Å². The van der Waals surface area contributed by atoms with Crippen LogP contribution >= 0.6 is 0 Å². The van der Waals surface area contributed by atoms with Crippen molar-refractivity contribution in [3.05, 3.63) is 0 Å². The highest BCUT2D eigenvalue weighted by molar-refractivity contribution is 5.76. The molecule has 1 amide bonds. The average Bonchev–Trinajstić information content (AvgIpc) is 2.47. The van der Waals surface area contributed by atoms with E-state index in [-0.39, 0.29) is 5.91 Å². The summed E-state index contributed by atoms with van der Waals surface area (Å²) in [5.41, 5.74) is 0. The lowest BCUT2D eigenvalue weighted by molar-refractivity contribution is -0.122. The van der Waals surface area contributed by atoms with Gasteiger partial charge in [0.1, 0.15) is 0 Å². The molecule has 1 saturated carbocycles. The second-order valence-electron chi connectivity index (χ2n) is 7.28. The average molecular weight is 294 g/mol. The summed E-state index contributed by atoms with van der Waals surface area (Å²) in [5.74, 6) is 2.27. The Hall–Kier alpha value is -0.570. The largest absolute Gasteiger partial charge is 0.356 e. The summed E-state index contributed by atoms with van der Waals surface area (Å²) in [6.45, 7) is 5.42. The van der Waals surface area contributed by atoms with Gasteiger partial charge in [-0.25, -0.2) is 0 Å². The van der Waals surface area contributed by atoms with Crippen LogP contribution in [0, 0.1) is 17.8 Å². The van der Waals surface area contributed by atoms with Gasteiger partial charge in [0.15, 0.2) is 0 Å². The van der Waals surface area contributed by atoms with Crippen LogP contribution in [-0.2, 0) is 4.79 Å². The van der Waals surface area contributed by atoms with Crippen molar-refractivity contribution in [3.8, 4) is 0 Å². The Labute approximate surface area is 130 Å². The second kappa shape index (κ2) is 9.45. The van der Waals surface area contributed by atoms with Gasteiger partial charge < -0.3 is 10.6 Å². The predicted molar refractivity (Wildman–Crippen MR) is 88.2 cm³/mol. The van der Waals surface area contributed by atoms with Gasteiger partial charge in [0.25, 0.3) is 0 Å². The van der Waals surface area contributed by atoms with Crippen molar-refractivity contribution in [1.82, 2.24) is 10.6 Å². The van der Waals surface area contributed by atoms with Gasteiger partial charge in [-0.1, -0.05) is 39.0 Å². The third-order valence-corrected chi connectivity index (χ3v) is 5.51. The Morgan fingerprint density at radius 2 is 1.67 bits per heavy atom. The van der Waals surface area contributed by atoms with Crippen molar-refractivity contribution in [2.75, 3.05) is 19.6 Å². The molecule has 2 aliphatic rings. The standard InChI is InChI=1S/C18H34N2O/c1-15(17-9-11-19-12-10-17)13-18(21)20-14-16-7-5-3-2-4-6-8-16/h15-17,19H,2-14H2,1H3,(H,20,21). The smallest absolute Gasteiger partial charge is 0.220 e. The summed E-state index contributed by atoms with van der Waals surface area (Å²) in [6, 6.07) is 0. The van der Waals surface area contributed by atoms with E-state index in [1.165, 1.54) is 57.8 Å². The highest BCUT2D eigenvalue weighted by Crippen LogP contribution is 2.25. The Bertz CT molecular complexity index is 292. The van der Waals surface area contributed by atoms with Crippen molar-refractivity contribution < 1.29 is 4.79 Å². The number of hydrogen-bond donors (Lipinski definition) is 2. The summed E-state index contributed by atoms with van der Waals surface area (Å²) in [6.07, 6.45) is 12.7. The molecular weight excluding hydrogens is 260 g/mol. The van der Waals surface area contributed by atoms with Crippen molar-refractivity contribution in [2.24, 2.45) is 17.8 Å². The molecule has 1 aliphatic carbocycles. The molecule has 21 heavy (non-hydrogen) atoms. The fraction of sp³-hybridized carbons (Fsp3) is 0.944. The lowest BCUT2D eigenvalue weighted by atomic mass is 9.84. The molecule has 0 bridgehead atoms. The van der Waals surface area contributed by atoms with Crippen LogP contribution in [-0.4, -0.2) is 25.5 Å². The van der Waals surface area contributed by atoms with Gasteiger partial charge in [-0.3, -0.25) is 4.79 Å². The van der Waals surface area contributed by atoms with E-state index in [0.717, 1.165) is 37.9 Å². The Kier molecular flexibility index (Phi) is 7.56. The lowest BCUT2D eigenvalue weighted by Gasteiger charge is -2.28. The van der Waals surface area contributed by atoms with E-state index >= 15 is 0 Å². The highest BCUT2D eigenvalue weighted by Gasteiger charge is 2.22. The number of amides is 1. The molecule has 0 aromatic heterocycles. The van der Waals surface area contributed by atoms with E-state index in [1.807, 2.05) is 0 Å². The minimum atomic E-state index is 0.281. The molecule has 3 heteroatoms. The van der Waals surface area contributed by atoms with Crippen LogP contribution in [0.1, 0.15) is 71.1 Å².